The summed E-state index contributed by atoms with van der Waals surface area (Å²) in [6.07, 6.45) is 4.94. The van der Waals surface area contributed by atoms with Gasteiger partial charge in [-0.25, -0.2) is 5.32 Å². The summed E-state index contributed by atoms with van der Waals surface area (Å²) in [4.78, 5) is 7.96. The second-order valence-corrected chi connectivity index (χ2v) is 22.9. The Morgan fingerprint density at radius 2 is 1.22 bits per heavy atom. The minimum Gasteiger partial charge on any atom is -1.00 e. The second-order valence-electron chi connectivity index (χ2n) is 12.1. The maximum atomic E-state index is 6.19. The quantitative estimate of drug-likeness (QED) is 0.0790. The Kier molecular flexibility index (Phi) is 12.7. The third-order valence-corrected chi connectivity index (χ3v) is 20.7. The molecule has 49 heavy (non-hydrogen) atoms. The Morgan fingerprint density at radius 1 is 0.694 bits per heavy atom. The standard InChI is InChI=1S/C40H43IN5OP.ClH/c41-48(35-18-8-2-9-19-35,36-20-10-3-11-21-36,37-22-12-4-13-23-37)31-15-5-14-30-47-34-26-24-33(25-27-34)38-44-39(42)46-40(45-38)43-29-28-32-16-6-1-7-17-32;/h1-4,6-13,16-27,38H,5,14-15,28-31H2,(H4,42,43,44,45,46);1H. The van der Waals surface area contributed by atoms with Crippen molar-refractivity contribution in [3.63, 3.8) is 0 Å². The SMILES string of the molecule is NC1=NC(c2ccc(OCCCCCP(I)(c3ccccc3)(c3ccccc3)c3ccccc3)cc2)NC(=[NH+]CCc2ccccc2)N1.[Cl-]. The zero-order chi connectivity index (χ0) is 33.1. The topological polar surface area (TPSA) is 85.6 Å². The number of halogens is 2. The molecule has 5 aromatic carbocycles. The molecule has 6 nitrogen and oxygen atoms in total. The van der Waals surface area contributed by atoms with E-state index >= 15 is 0 Å². The van der Waals surface area contributed by atoms with Crippen LogP contribution in [-0.2, 0) is 6.42 Å². The van der Waals surface area contributed by atoms with E-state index in [4.69, 9.17) is 10.5 Å². The molecule has 5 N–H and O–H groups in total. The number of ether oxygens (including phenoxy) is 1. The van der Waals surface area contributed by atoms with Crippen LogP contribution in [0.3, 0.4) is 0 Å². The number of aliphatic imine (C=N–C) groups is 1. The van der Waals surface area contributed by atoms with Gasteiger partial charge in [-0.3, -0.25) is 4.99 Å². The molecule has 0 aliphatic carbocycles. The first-order valence-corrected chi connectivity index (χ1v) is 21.9. The second kappa shape index (κ2) is 17.1. The Bertz CT molecular complexity index is 1710. The van der Waals surface area contributed by atoms with E-state index in [1.807, 2.05) is 18.2 Å². The first-order valence-electron chi connectivity index (χ1n) is 16.7. The van der Waals surface area contributed by atoms with Gasteiger partial charge in [0, 0.05) is 6.42 Å². The molecule has 5 aromatic rings. The summed E-state index contributed by atoms with van der Waals surface area (Å²) in [5.74, 6) is 2.00. The fraction of sp³-hybridized carbons (Fsp3) is 0.200. The van der Waals surface area contributed by atoms with Gasteiger partial charge in [0.15, 0.2) is 0 Å². The van der Waals surface area contributed by atoms with Gasteiger partial charge in [-0.05, 0) is 5.56 Å². The molecular formula is C40H44ClIN5OP. The Hall–Kier alpha value is -3.91. The van der Waals surface area contributed by atoms with Crippen LogP contribution in [0, 0.1) is 0 Å². The molecule has 0 radical (unpaired) electrons. The number of hydrogen-bond acceptors (Lipinski definition) is 3. The molecule has 0 saturated carbocycles. The van der Waals surface area contributed by atoms with E-state index in [1.54, 1.807) is 0 Å². The van der Waals surface area contributed by atoms with Crippen molar-refractivity contribution in [3.8, 4) is 5.75 Å². The Morgan fingerprint density at radius 3 is 1.78 bits per heavy atom. The van der Waals surface area contributed by atoms with Crippen LogP contribution in [0.4, 0.5) is 0 Å². The Labute approximate surface area is 309 Å². The summed E-state index contributed by atoms with van der Waals surface area (Å²) in [6, 6.07) is 52.0. The van der Waals surface area contributed by atoms with Crippen LogP contribution in [0.25, 0.3) is 0 Å². The van der Waals surface area contributed by atoms with Gasteiger partial charge in [0.2, 0.25) is 0 Å². The van der Waals surface area contributed by atoms with E-state index in [0.717, 1.165) is 55.7 Å². The van der Waals surface area contributed by atoms with Gasteiger partial charge in [0.05, 0.1) is 6.54 Å². The molecular weight excluding hydrogens is 760 g/mol. The molecule has 0 fully saturated rings. The molecule has 9 heteroatoms. The summed E-state index contributed by atoms with van der Waals surface area (Å²) in [6.45, 7) is 1.45. The normalized spacial score (nSPS) is 15.9. The van der Waals surface area contributed by atoms with E-state index in [1.165, 1.54) is 21.5 Å². The van der Waals surface area contributed by atoms with Gasteiger partial charge in [0.1, 0.15) is 0 Å². The predicted octanol–water partition coefficient (Wildman–Crippen LogP) is 2.30. The van der Waals surface area contributed by atoms with Gasteiger partial charge >= 0.3 is 228 Å². The minimum absolute atomic E-state index is 0. The fourth-order valence-corrected chi connectivity index (χ4v) is 15.2. The molecule has 0 amide bonds. The van der Waals surface area contributed by atoms with Crippen LogP contribution in [0.5, 0.6) is 5.75 Å². The van der Waals surface area contributed by atoms with Crippen LogP contribution in [0.2, 0.25) is 0 Å². The number of nitrogens with one attached hydrogen (secondary N) is 3. The van der Waals surface area contributed by atoms with Gasteiger partial charge in [-0.1, -0.05) is 30.3 Å². The first-order chi connectivity index (χ1) is 23.5. The van der Waals surface area contributed by atoms with E-state index in [0.29, 0.717) is 12.6 Å². The smallest absolute Gasteiger partial charge is 1.00 e. The molecule has 0 saturated heterocycles. The van der Waals surface area contributed by atoms with Gasteiger partial charge in [0.25, 0.3) is 5.96 Å². The average Bonchev–Trinajstić information content (AvgIpc) is 3.14. The molecule has 0 spiro atoms. The number of rotatable bonds is 14. The van der Waals surface area contributed by atoms with E-state index in [2.05, 4.69) is 170 Å². The number of hydrogen-bond donors (Lipinski definition) is 4. The third-order valence-electron chi connectivity index (χ3n) is 8.93. The molecule has 0 bridgehead atoms. The monoisotopic (exact) mass is 803 g/mol. The minimum atomic E-state index is -2.73. The summed E-state index contributed by atoms with van der Waals surface area (Å²) < 4.78 is 3.47. The van der Waals surface area contributed by atoms with Crippen LogP contribution in [0.15, 0.2) is 151 Å². The van der Waals surface area contributed by atoms with Crippen molar-refractivity contribution in [1.82, 2.24) is 10.6 Å². The summed E-state index contributed by atoms with van der Waals surface area (Å²) in [5, 5.41) is 10.8. The Balaban J connectivity index is 0.00000468. The fourth-order valence-electron chi connectivity index (χ4n) is 6.41. The van der Waals surface area contributed by atoms with Gasteiger partial charge in [-0.15, -0.1) is 0 Å². The summed E-state index contributed by atoms with van der Waals surface area (Å²) in [7, 11) is 0. The van der Waals surface area contributed by atoms with Crippen molar-refractivity contribution in [1.29, 1.82) is 0 Å². The molecule has 6 rings (SSSR count). The van der Waals surface area contributed by atoms with E-state index in [-0.39, 0.29) is 18.6 Å². The predicted molar refractivity (Wildman–Crippen MR) is 211 cm³/mol. The molecule has 0 aromatic heterocycles. The van der Waals surface area contributed by atoms with Gasteiger partial charge < -0.3 is 18.1 Å². The first kappa shape index (κ1) is 36.4. The third kappa shape index (κ3) is 8.64. The van der Waals surface area contributed by atoms with Crippen molar-refractivity contribution in [2.45, 2.75) is 31.8 Å². The molecule has 254 valence electrons. The van der Waals surface area contributed by atoms with Crippen LogP contribution >= 0.6 is 26.3 Å². The number of nitrogens with two attached hydrogens (primary N) is 1. The van der Waals surface area contributed by atoms with Gasteiger partial charge in [-0.2, -0.15) is 0 Å². The molecule has 1 heterocycles. The van der Waals surface area contributed by atoms with Crippen LogP contribution < -0.4 is 54.4 Å². The van der Waals surface area contributed by atoms with Crippen LogP contribution in [-0.4, -0.2) is 31.2 Å². The number of nitrogens with zero attached hydrogens (tertiary/aromatic N) is 1. The van der Waals surface area contributed by atoms with E-state index in [9.17, 15) is 0 Å². The molecule has 1 aliphatic heterocycles. The number of unbranched alkanes of at least 4 members (excludes halogenated alkanes) is 2. The molecule has 1 aliphatic rings. The zero-order valence-electron chi connectivity index (χ0n) is 27.5. The average molecular weight is 804 g/mol. The molecule has 1 atom stereocenters. The van der Waals surface area contributed by atoms with Crippen molar-refractivity contribution in [2.75, 3.05) is 19.3 Å². The van der Waals surface area contributed by atoms with Crippen LogP contribution in [0.1, 0.15) is 36.6 Å². The van der Waals surface area contributed by atoms with Crippen molar-refractivity contribution in [3.05, 3.63) is 157 Å². The van der Waals surface area contributed by atoms with Crippen molar-refractivity contribution in [2.24, 2.45) is 10.7 Å². The van der Waals surface area contributed by atoms with Crippen molar-refractivity contribution < 1.29 is 22.1 Å². The number of guanidine groups is 2. The van der Waals surface area contributed by atoms with Crippen molar-refractivity contribution >= 4 is 54.1 Å². The molecule has 1 unspecified atom stereocenters. The number of benzene rings is 5. The summed E-state index contributed by atoms with van der Waals surface area (Å²) >= 11 is 2.88. The maximum absolute atomic E-state index is 6.19. The summed E-state index contributed by atoms with van der Waals surface area (Å²) in [5.41, 5.74) is 8.42. The zero-order valence-corrected chi connectivity index (χ0v) is 31.3. The van der Waals surface area contributed by atoms with E-state index < -0.39 is 4.25 Å².